The number of halogens is 2. The van der Waals surface area contributed by atoms with Gasteiger partial charge in [-0.05, 0) is 17.7 Å². The first-order chi connectivity index (χ1) is 10.0. The Bertz CT molecular complexity index is 878. The zero-order valence-electron chi connectivity index (χ0n) is 10.3. The number of benzene rings is 1. The molecule has 1 aromatic carbocycles. The van der Waals surface area contributed by atoms with Gasteiger partial charge in [-0.2, -0.15) is 4.98 Å². The Morgan fingerprint density at radius 2 is 2.19 bits per heavy atom. The highest BCUT2D eigenvalue weighted by molar-refractivity contribution is 9.10. The number of aromatic hydroxyl groups is 1. The molecule has 106 valence electrons. The molecule has 8 heteroatoms. The number of rotatable bonds is 2. The van der Waals surface area contributed by atoms with Crippen molar-refractivity contribution in [3.05, 3.63) is 49.6 Å². The van der Waals surface area contributed by atoms with Gasteiger partial charge in [0.05, 0.1) is 6.20 Å². The van der Waals surface area contributed by atoms with E-state index >= 15 is 0 Å². The molecule has 0 amide bonds. The van der Waals surface area contributed by atoms with Crippen LogP contribution in [0.3, 0.4) is 0 Å². The summed E-state index contributed by atoms with van der Waals surface area (Å²) in [4.78, 5) is 22.9. The first kappa shape index (κ1) is 14.2. The van der Waals surface area contributed by atoms with Crippen molar-refractivity contribution in [3.8, 4) is 27.8 Å². The predicted molar refractivity (Wildman–Crippen MR) is 85.8 cm³/mol. The van der Waals surface area contributed by atoms with Crippen LogP contribution in [0.4, 0.5) is 0 Å². The van der Waals surface area contributed by atoms with Crippen LogP contribution in [-0.4, -0.2) is 20.1 Å². The smallest absolute Gasteiger partial charge is 0.263 e. The van der Waals surface area contributed by atoms with E-state index in [1.165, 1.54) is 17.5 Å². The molecule has 21 heavy (non-hydrogen) atoms. The molecular formula is C13H7BrClN3O2S. The summed E-state index contributed by atoms with van der Waals surface area (Å²) in [6, 6.07) is 7.05. The van der Waals surface area contributed by atoms with Gasteiger partial charge in [0.1, 0.15) is 9.90 Å². The molecule has 3 rings (SSSR count). The zero-order valence-corrected chi connectivity index (χ0v) is 13.5. The summed E-state index contributed by atoms with van der Waals surface area (Å²) in [5.41, 5.74) is 0.240. The molecule has 2 N–H and O–H groups in total. The SMILES string of the molecule is O=c1[nH]c(-c2ncc(Cl)s2)nc(O)c1-c1cccc(Br)c1. The quantitative estimate of drug-likeness (QED) is 0.706. The van der Waals surface area contributed by atoms with Crippen molar-refractivity contribution < 1.29 is 5.11 Å². The van der Waals surface area contributed by atoms with E-state index in [0.29, 0.717) is 14.9 Å². The standard InChI is InChI=1S/C13H7BrClN3O2S/c14-7-3-1-2-6(4-7)9-11(19)17-10(18-12(9)20)13-16-5-8(15)21-13/h1-5H,(H2,17,18,19,20). The second-order valence-electron chi connectivity index (χ2n) is 4.09. The fourth-order valence-electron chi connectivity index (χ4n) is 1.83. The second kappa shape index (κ2) is 5.59. The van der Waals surface area contributed by atoms with Crippen LogP contribution < -0.4 is 5.56 Å². The summed E-state index contributed by atoms with van der Waals surface area (Å²) < 4.78 is 1.28. The number of aromatic amines is 1. The predicted octanol–water partition coefficient (Wildman–Crippen LogP) is 3.68. The minimum absolute atomic E-state index is 0.114. The molecule has 0 aliphatic carbocycles. The molecule has 0 saturated carbocycles. The Hall–Kier alpha value is -1.70. The van der Waals surface area contributed by atoms with Crippen LogP contribution in [-0.2, 0) is 0 Å². The van der Waals surface area contributed by atoms with Crippen molar-refractivity contribution in [1.82, 2.24) is 15.0 Å². The molecule has 2 aromatic heterocycles. The van der Waals surface area contributed by atoms with Gasteiger partial charge in [-0.1, -0.05) is 51.0 Å². The highest BCUT2D eigenvalue weighted by atomic mass is 79.9. The average molecular weight is 385 g/mol. The Labute approximate surface area is 136 Å². The minimum Gasteiger partial charge on any atom is -0.493 e. The Balaban J connectivity index is 2.15. The molecule has 0 radical (unpaired) electrons. The first-order valence-electron chi connectivity index (χ1n) is 5.75. The minimum atomic E-state index is -0.443. The van der Waals surface area contributed by atoms with Gasteiger partial charge in [-0.25, -0.2) is 4.98 Å². The van der Waals surface area contributed by atoms with Gasteiger partial charge >= 0.3 is 0 Å². The monoisotopic (exact) mass is 383 g/mol. The van der Waals surface area contributed by atoms with Gasteiger partial charge in [0.2, 0.25) is 5.88 Å². The molecule has 0 aliphatic heterocycles. The van der Waals surface area contributed by atoms with E-state index in [0.717, 1.165) is 4.47 Å². The van der Waals surface area contributed by atoms with Gasteiger partial charge in [-0.15, -0.1) is 0 Å². The molecule has 3 aromatic rings. The van der Waals surface area contributed by atoms with Crippen molar-refractivity contribution in [2.45, 2.75) is 0 Å². The highest BCUT2D eigenvalue weighted by Crippen LogP contribution is 2.29. The average Bonchev–Trinajstić information content (AvgIpc) is 2.85. The van der Waals surface area contributed by atoms with Gasteiger partial charge < -0.3 is 10.1 Å². The van der Waals surface area contributed by atoms with E-state index in [-0.39, 0.29) is 17.3 Å². The van der Waals surface area contributed by atoms with Crippen molar-refractivity contribution >= 4 is 38.9 Å². The molecule has 0 aliphatic rings. The zero-order chi connectivity index (χ0) is 15.0. The van der Waals surface area contributed by atoms with Crippen LogP contribution >= 0.6 is 38.9 Å². The maximum Gasteiger partial charge on any atom is 0.263 e. The lowest BCUT2D eigenvalue weighted by Crippen LogP contribution is -2.12. The Kier molecular flexibility index (Phi) is 3.79. The maximum atomic E-state index is 12.2. The topological polar surface area (TPSA) is 78.9 Å². The third-order valence-electron chi connectivity index (χ3n) is 2.69. The summed E-state index contributed by atoms with van der Waals surface area (Å²) >= 11 is 10.3. The Morgan fingerprint density at radius 1 is 1.38 bits per heavy atom. The summed E-state index contributed by atoms with van der Waals surface area (Å²) in [5, 5.41) is 10.5. The normalized spacial score (nSPS) is 10.8. The highest BCUT2D eigenvalue weighted by Gasteiger charge is 2.15. The Morgan fingerprint density at radius 3 is 2.81 bits per heavy atom. The molecule has 0 spiro atoms. The van der Waals surface area contributed by atoms with Crippen molar-refractivity contribution in [2.24, 2.45) is 0 Å². The summed E-state index contributed by atoms with van der Waals surface area (Å²) in [6.07, 6.45) is 1.46. The van der Waals surface area contributed by atoms with Crippen molar-refractivity contribution in [1.29, 1.82) is 0 Å². The van der Waals surface area contributed by atoms with Gasteiger partial charge in [-0.3, -0.25) is 4.79 Å². The molecule has 0 atom stereocenters. The number of nitrogens with zero attached hydrogens (tertiary/aromatic N) is 2. The number of H-pyrrole nitrogens is 1. The van der Waals surface area contributed by atoms with Gasteiger partial charge in [0.15, 0.2) is 10.8 Å². The summed E-state index contributed by atoms with van der Waals surface area (Å²) in [5.74, 6) is -0.161. The third-order valence-corrected chi connectivity index (χ3v) is 4.31. The van der Waals surface area contributed by atoms with E-state index in [9.17, 15) is 9.90 Å². The second-order valence-corrected chi connectivity index (χ2v) is 6.67. The number of aromatic nitrogens is 3. The van der Waals surface area contributed by atoms with Crippen LogP contribution in [0, 0.1) is 0 Å². The molecular weight excluding hydrogens is 378 g/mol. The van der Waals surface area contributed by atoms with Crippen LogP contribution in [0.15, 0.2) is 39.7 Å². The van der Waals surface area contributed by atoms with Gasteiger partial charge in [0, 0.05) is 4.47 Å². The molecule has 2 heterocycles. The van der Waals surface area contributed by atoms with E-state index in [1.807, 2.05) is 6.07 Å². The van der Waals surface area contributed by atoms with Crippen LogP contribution in [0.1, 0.15) is 0 Å². The van der Waals surface area contributed by atoms with E-state index in [1.54, 1.807) is 18.2 Å². The largest absolute Gasteiger partial charge is 0.493 e. The summed E-state index contributed by atoms with van der Waals surface area (Å²) in [6.45, 7) is 0. The summed E-state index contributed by atoms with van der Waals surface area (Å²) in [7, 11) is 0. The molecule has 5 nitrogen and oxygen atoms in total. The van der Waals surface area contributed by atoms with Crippen LogP contribution in [0.5, 0.6) is 5.88 Å². The molecule has 0 fully saturated rings. The molecule has 0 saturated heterocycles. The lowest BCUT2D eigenvalue weighted by atomic mass is 10.1. The van der Waals surface area contributed by atoms with Crippen molar-refractivity contribution in [2.75, 3.05) is 0 Å². The van der Waals surface area contributed by atoms with Crippen molar-refractivity contribution in [3.63, 3.8) is 0 Å². The van der Waals surface area contributed by atoms with Crippen LogP contribution in [0.2, 0.25) is 4.34 Å². The lowest BCUT2D eigenvalue weighted by molar-refractivity contribution is 0.454. The van der Waals surface area contributed by atoms with E-state index in [4.69, 9.17) is 11.6 Å². The number of nitrogens with one attached hydrogen (secondary N) is 1. The number of hydrogen-bond donors (Lipinski definition) is 2. The lowest BCUT2D eigenvalue weighted by Gasteiger charge is -2.05. The molecule has 0 unspecified atom stereocenters. The van der Waals surface area contributed by atoms with E-state index in [2.05, 4.69) is 30.9 Å². The van der Waals surface area contributed by atoms with Gasteiger partial charge in [0.25, 0.3) is 5.56 Å². The fraction of sp³-hybridized carbons (Fsp3) is 0. The third kappa shape index (κ3) is 2.85. The number of thiazole rings is 1. The number of hydrogen-bond acceptors (Lipinski definition) is 5. The van der Waals surface area contributed by atoms with E-state index < -0.39 is 5.56 Å². The fourth-order valence-corrected chi connectivity index (χ4v) is 3.09. The molecule has 0 bridgehead atoms. The van der Waals surface area contributed by atoms with Crippen LogP contribution in [0.25, 0.3) is 22.0 Å². The first-order valence-corrected chi connectivity index (χ1v) is 7.74. The maximum absolute atomic E-state index is 12.2.